The molecule has 3 rings (SSSR count). The number of para-hydroxylation sites is 1. The van der Waals surface area contributed by atoms with Crippen LogP contribution in [0.15, 0.2) is 51.4 Å². The fourth-order valence-electron chi connectivity index (χ4n) is 1.64. The van der Waals surface area contributed by atoms with Crippen molar-refractivity contribution in [2.75, 3.05) is 11.1 Å². The monoisotopic (exact) mass is 351 g/mol. The Balaban J connectivity index is 1.56. The van der Waals surface area contributed by atoms with Gasteiger partial charge in [0.2, 0.25) is 5.91 Å². The van der Waals surface area contributed by atoms with E-state index in [1.807, 2.05) is 17.5 Å². The number of amides is 1. The molecule has 0 aliphatic rings. The normalized spacial score (nSPS) is 10.6. The maximum absolute atomic E-state index is 11.9. The quantitative estimate of drug-likeness (QED) is 0.698. The van der Waals surface area contributed by atoms with E-state index >= 15 is 0 Å². The number of halogens is 1. The van der Waals surface area contributed by atoms with Gasteiger partial charge in [-0.3, -0.25) is 4.79 Å². The summed E-state index contributed by atoms with van der Waals surface area (Å²) in [6.45, 7) is 0. The largest absolute Gasteiger partial charge is 0.410 e. The molecule has 0 atom stereocenters. The number of rotatable bonds is 5. The summed E-state index contributed by atoms with van der Waals surface area (Å²) in [5.41, 5.74) is 0.583. The number of hydrogen-bond acceptors (Lipinski definition) is 6. The Morgan fingerprint density at radius 1 is 1.27 bits per heavy atom. The molecule has 0 saturated heterocycles. The van der Waals surface area contributed by atoms with Crippen molar-refractivity contribution in [1.82, 2.24) is 10.2 Å². The van der Waals surface area contributed by atoms with Crippen molar-refractivity contribution in [2.24, 2.45) is 0 Å². The molecule has 1 N–H and O–H groups in total. The van der Waals surface area contributed by atoms with Crippen LogP contribution < -0.4 is 5.32 Å². The lowest BCUT2D eigenvalue weighted by Gasteiger charge is -2.05. The van der Waals surface area contributed by atoms with Crippen LogP contribution in [-0.2, 0) is 4.79 Å². The summed E-state index contributed by atoms with van der Waals surface area (Å²) < 4.78 is 5.50. The number of nitrogens with zero attached hydrogens (tertiary/aromatic N) is 2. The summed E-state index contributed by atoms with van der Waals surface area (Å²) in [5.74, 6) is 0.440. The first-order valence-electron chi connectivity index (χ1n) is 6.27. The zero-order valence-electron chi connectivity index (χ0n) is 11.2. The second kappa shape index (κ2) is 6.95. The maximum atomic E-state index is 11.9. The van der Waals surface area contributed by atoms with Gasteiger partial charge in [0.25, 0.3) is 11.1 Å². The zero-order chi connectivity index (χ0) is 15.4. The van der Waals surface area contributed by atoms with Gasteiger partial charge in [0.15, 0.2) is 0 Å². The Labute approximate surface area is 139 Å². The Morgan fingerprint density at radius 2 is 2.14 bits per heavy atom. The number of aromatic nitrogens is 2. The van der Waals surface area contributed by atoms with Crippen LogP contribution in [0.5, 0.6) is 0 Å². The lowest BCUT2D eigenvalue weighted by Crippen LogP contribution is -2.14. The van der Waals surface area contributed by atoms with Crippen LogP contribution in [0.3, 0.4) is 0 Å². The van der Waals surface area contributed by atoms with Gasteiger partial charge in [0, 0.05) is 0 Å². The highest BCUT2D eigenvalue weighted by Gasteiger charge is 2.12. The van der Waals surface area contributed by atoms with Crippen LogP contribution in [-0.4, -0.2) is 21.9 Å². The van der Waals surface area contributed by atoms with E-state index in [-0.39, 0.29) is 11.7 Å². The first kappa shape index (κ1) is 15.1. The van der Waals surface area contributed by atoms with Crippen molar-refractivity contribution < 1.29 is 9.21 Å². The molecule has 3 aromatic rings. The second-order valence-corrected chi connectivity index (χ2v) is 6.45. The van der Waals surface area contributed by atoms with Crippen molar-refractivity contribution in [3.8, 4) is 10.8 Å². The molecule has 0 aliphatic heterocycles. The number of thiophene rings is 1. The number of carbonyl (C=O) groups is 1. The second-order valence-electron chi connectivity index (χ2n) is 4.17. The van der Waals surface area contributed by atoms with E-state index < -0.39 is 0 Å². The smallest absolute Gasteiger partial charge is 0.277 e. The maximum Gasteiger partial charge on any atom is 0.277 e. The summed E-state index contributed by atoms with van der Waals surface area (Å²) in [5, 5.41) is 13.4. The molecule has 1 aromatic carbocycles. The zero-order valence-corrected chi connectivity index (χ0v) is 13.5. The summed E-state index contributed by atoms with van der Waals surface area (Å²) >= 11 is 8.68. The molecular weight excluding hydrogens is 342 g/mol. The topological polar surface area (TPSA) is 68.0 Å². The molecule has 112 valence electrons. The van der Waals surface area contributed by atoms with Crippen LogP contribution >= 0.6 is 34.7 Å². The molecule has 0 saturated carbocycles. The van der Waals surface area contributed by atoms with Crippen LogP contribution in [0.25, 0.3) is 10.8 Å². The van der Waals surface area contributed by atoms with Gasteiger partial charge in [-0.1, -0.05) is 41.6 Å². The average molecular weight is 352 g/mol. The van der Waals surface area contributed by atoms with E-state index in [1.54, 1.807) is 24.3 Å². The number of thioether (sulfide) groups is 1. The number of carbonyl (C=O) groups excluding carboxylic acids is 1. The molecule has 8 heteroatoms. The molecule has 0 radical (unpaired) electrons. The molecule has 0 aliphatic carbocycles. The van der Waals surface area contributed by atoms with Gasteiger partial charge in [-0.05, 0) is 23.6 Å². The van der Waals surface area contributed by atoms with Crippen molar-refractivity contribution in [2.45, 2.75) is 5.22 Å². The van der Waals surface area contributed by atoms with Crippen LogP contribution in [0.4, 0.5) is 5.69 Å². The predicted molar refractivity (Wildman–Crippen MR) is 88.4 cm³/mol. The predicted octanol–water partition coefficient (Wildman–Crippen LogP) is 4.18. The Hall–Kier alpha value is -1.83. The van der Waals surface area contributed by atoms with Crippen LogP contribution in [0, 0.1) is 0 Å². The van der Waals surface area contributed by atoms with Gasteiger partial charge in [-0.2, -0.15) is 0 Å². The van der Waals surface area contributed by atoms with Gasteiger partial charge in [0.05, 0.1) is 21.3 Å². The van der Waals surface area contributed by atoms with Crippen LogP contribution in [0.2, 0.25) is 5.02 Å². The van der Waals surface area contributed by atoms with Gasteiger partial charge in [-0.25, -0.2) is 0 Å². The highest BCUT2D eigenvalue weighted by atomic mass is 35.5. The van der Waals surface area contributed by atoms with Crippen molar-refractivity contribution in [3.63, 3.8) is 0 Å². The van der Waals surface area contributed by atoms with Gasteiger partial charge < -0.3 is 9.73 Å². The Kier molecular flexibility index (Phi) is 4.77. The summed E-state index contributed by atoms with van der Waals surface area (Å²) in [4.78, 5) is 12.8. The number of anilines is 1. The first-order valence-corrected chi connectivity index (χ1v) is 8.51. The highest BCUT2D eigenvalue weighted by Crippen LogP contribution is 2.26. The Morgan fingerprint density at radius 3 is 2.91 bits per heavy atom. The third kappa shape index (κ3) is 3.68. The number of hydrogen-bond donors (Lipinski definition) is 1. The minimum absolute atomic E-state index is 0.164. The first-order chi connectivity index (χ1) is 10.7. The third-order valence-electron chi connectivity index (χ3n) is 2.61. The van der Waals surface area contributed by atoms with E-state index in [0.29, 0.717) is 21.8 Å². The van der Waals surface area contributed by atoms with E-state index in [9.17, 15) is 4.79 Å². The lowest BCUT2D eigenvalue weighted by molar-refractivity contribution is -0.113. The molecule has 0 fully saturated rings. The SMILES string of the molecule is O=C(CSc1nnc(-c2cccs2)o1)Nc1ccccc1Cl. The van der Waals surface area contributed by atoms with E-state index in [1.165, 1.54) is 23.1 Å². The molecule has 0 unspecified atom stereocenters. The van der Waals surface area contributed by atoms with Crippen LogP contribution in [0.1, 0.15) is 0 Å². The molecule has 5 nitrogen and oxygen atoms in total. The molecule has 0 bridgehead atoms. The number of benzene rings is 1. The molecule has 2 aromatic heterocycles. The van der Waals surface area contributed by atoms with Gasteiger partial charge >= 0.3 is 0 Å². The van der Waals surface area contributed by atoms with E-state index in [4.69, 9.17) is 16.0 Å². The van der Waals surface area contributed by atoms with E-state index in [2.05, 4.69) is 15.5 Å². The standard InChI is InChI=1S/C14H10ClN3O2S2/c15-9-4-1-2-5-10(9)16-12(19)8-22-14-18-17-13(20-14)11-6-3-7-21-11/h1-7H,8H2,(H,16,19). The van der Waals surface area contributed by atoms with Gasteiger partial charge in [-0.15, -0.1) is 21.5 Å². The summed E-state index contributed by atoms with van der Waals surface area (Å²) in [7, 11) is 0. The number of nitrogens with one attached hydrogen (secondary N) is 1. The minimum Gasteiger partial charge on any atom is -0.410 e. The fourth-order valence-corrected chi connectivity index (χ4v) is 3.03. The average Bonchev–Trinajstić information content (AvgIpc) is 3.18. The van der Waals surface area contributed by atoms with Gasteiger partial charge in [0.1, 0.15) is 0 Å². The highest BCUT2D eigenvalue weighted by molar-refractivity contribution is 7.99. The molecule has 2 heterocycles. The molecule has 1 amide bonds. The molecule has 0 spiro atoms. The third-order valence-corrected chi connectivity index (χ3v) is 4.62. The van der Waals surface area contributed by atoms with Crippen molar-refractivity contribution in [1.29, 1.82) is 0 Å². The summed E-state index contributed by atoms with van der Waals surface area (Å²) in [6, 6.07) is 10.9. The molecular formula is C14H10ClN3O2S2. The Bertz CT molecular complexity index is 774. The van der Waals surface area contributed by atoms with Crippen molar-refractivity contribution >= 4 is 46.3 Å². The fraction of sp³-hybridized carbons (Fsp3) is 0.0714. The summed E-state index contributed by atoms with van der Waals surface area (Å²) in [6.07, 6.45) is 0. The minimum atomic E-state index is -0.186. The van der Waals surface area contributed by atoms with Crippen molar-refractivity contribution in [3.05, 3.63) is 46.8 Å². The lowest BCUT2D eigenvalue weighted by atomic mass is 10.3. The van der Waals surface area contributed by atoms with E-state index in [0.717, 1.165) is 4.88 Å². The molecule has 22 heavy (non-hydrogen) atoms.